The molecular formula is C25H32FN3O3. The Balaban J connectivity index is 1.53. The van der Waals surface area contributed by atoms with Gasteiger partial charge in [-0.2, -0.15) is 0 Å². The van der Waals surface area contributed by atoms with Gasteiger partial charge < -0.3 is 14.4 Å². The lowest BCUT2D eigenvalue weighted by Gasteiger charge is -2.41. The summed E-state index contributed by atoms with van der Waals surface area (Å²) in [4.78, 5) is 21.8. The van der Waals surface area contributed by atoms with E-state index in [-0.39, 0.29) is 23.9 Å². The Morgan fingerprint density at radius 2 is 2.03 bits per heavy atom. The van der Waals surface area contributed by atoms with Crippen molar-refractivity contribution >= 4 is 5.91 Å². The number of rotatable bonds is 3. The Labute approximate surface area is 189 Å². The lowest BCUT2D eigenvalue weighted by Crippen LogP contribution is -2.51. The molecule has 1 amide bonds. The van der Waals surface area contributed by atoms with Gasteiger partial charge in [0, 0.05) is 32.3 Å². The zero-order valence-electron chi connectivity index (χ0n) is 18.7. The van der Waals surface area contributed by atoms with Gasteiger partial charge in [0.1, 0.15) is 18.2 Å². The molecule has 1 aromatic heterocycles. The molecule has 172 valence electrons. The topological polar surface area (TPSA) is 54.9 Å². The summed E-state index contributed by atoms with van der Waals surface area (Å²) in [7, 11) is 1.75. The first-order valence-corrected chi connectivity index (χ1v) is 11.5. The monoisotopic (exact) mass is 441 g/mol. The highest BCUT2D eigenvalue weighted by atomic mass is 19.1. The molecule has 6 nitrogen and oxygen atoms in total. The van der Waals surface area contributed by atoms with Gasteiger partial charge in [0.2, 0.25) is 0 Å². The molecule has 1 saturated heterocycles. The second-order valence-electron chi connectivity index (χ2n) is 8.60. The minimum Gasteiger partial charge on any atom is -0.492 e. The maximum atomic E-state index is 13.3. The van der Waals surface area contributed by atoms with E-state index < -0.39 is 0 Å². The molecule has 3 heterocycles. The molecule has 2 bridgehead atoms. The van der Waals surface area contributed by atoms with Crippen molar-refractivity contribution in [1.82, 2.24) is 14.8 Å². The molecule has 0 unspecified atom stereocenters. The molecule has 2 aliphatic rings. The Kier molecular flexibility index (Phi) is 7.71. The van der Waals surface area contributed by atoms with E-state index in [0.717, 1.165) is 57.4 Å². The fourth-order valence-electron chi connectivity index (χ4n) is 4.76. The normalized spacial score (nSPS) is 23.2. The van der Waals surface area contributed by atoms with Gasteiger partial charge in [0.25, 0.3) is 5.91 Å². The number of ether oxygens (including phenoxy) is 2. The highest BCUT2D eigenvalue weighted by molar-refractivity contribution is 5.95. The highest BCUT2D eigenvalue weighted by Gasteiger charge is 2.34. The first-order valence-electron chi connectivity index (χ1n) is 11.5. The fraction of sp³-hybridized carbons (Fsp3) is 0.520. The Morgan fingerprint density at radius 1 is 1.12 bits per heavy atom. The number of aromatic nitrogens is 1. The Hall–Kier alpha value is -2.51. The Bertz CT molecular complexity index is 892. The van der Waals surface area contributed by atoms with Crippen molar-refractivity contribution < 1.29 is 18.7 Å². The van der Waals surface area contributed by atoms with Crippen molar-refractivity contribution in [3.63, 3.8) is 0 Å². The summed E-state index contributed by atoms with van der Waals surface area (Å²) < 4.78 is 25.0. The van der Waals surface area contributed by atoms with Gasteiger partial charge in [-0.05, 0) is 62.6 Å². The lowest BCUT2D eigenvalue weighted by molar-refractivity contribution is -0.0156. The van der Waals surface area contributed by atoms with Crippen LogP contribution in [-0.2, 0) is 11.3 Å². The maximum absolute atomic E-state index is 13.3. The van der Waals surface area contributed by atoms with Gasteiger partial charge in [-0.25, -0.2) is 4.39 Å². The third-order valence-corrected chi connectivity index (χ3v) is 6.44. The predicted octanol–water partition coefficient (Wildman–Crippen LogP) is 3.91. The molecule has 7 heteroatoms. The molecule has 0 aliphatic carbocycles. The van der Waals surface area contributed by atoms with Crippen molar-refractivity contribution in [3.05, 3.63) is 59.7 Å². The van der Waals surface area contributed by atoms with Crippen LogP contribution in [0, 0.1) is 5.82 Å². The van der Waals surface area contributed by atoms with Crippen LogP contribution < -0.4 is 4.74 Å². The zero-order chi connectivity index (χ0) is 22.3. The summed E-state index contributed by atoms with van der Waals surface area (Å²) in [6.45, 7) is 3.54. The smallest absolute Gasteiger partial charge is 0.254 e. The van der Waals surface area contributed by atoms with E-state index in [1.807, 2.05) is 29.2 Å². The van der Waals surface area contributed by atoms with Crippen LogP contribution in [-0.4, -0.2) is 66.2 Å². The number of amides is 1. The number of nitrogens with zero attached hydrogens (tertiary/aromatic N) is 3. The number of halogens is 1. The average molecular weight is 442 g/mol. The van der Waals surface area contributed by atoms with Crippen molar-refractivity contribution in [2.24, 2.45) is 0 Å². The van der Waals surface area contributed by atoms with Crippen molar-refractivity contribution in [2.45, 2.75) is 50.8 Å². The van der Waals surface area contributed by atoms with Crippen LogP contribution in [0.1, 0.15) is 48.2 Å². The van der Waals surface area contributed by atoms with Gasteiger partial charge in [0.15, 0.2) is 0 Å². The summed E-state index contributed by atoms with van der Waals surface area (Å²) in [5, 5.41) is 0. The fourth-order valence-corrected chi connectivity index (χ4v) is 4.76. The number of benzene rings is 1. The number of methoxy groups -OCH3 is 1. The lowest BCUT2D eigenvalue weighted by atomic mass is 9.93. The summed E-state index contributed by atoms with van der Waals surface area (Å²) in [6.07, 6.45) is 6.19. The number of pyridine rings is 1. The molecule has 1 fully saturated rings. The van der Waals surface area contributed by atoms with E-state index in [1.54, 1.807) is 13.2 Å². The number of hydrogen-bond acceptors (Lipinski definition) is 5. The van der Waals surface area contributed by atoms with Crippen LogP contribution in [0.15, 0.2) is 42.6 Å². The van der Waals surface area contributed by atoms with Crippen LogP contribution in [0.2, 0.25) is 0 Å². The molecule has 32 heavy (non-hydrogen) atoms. The Morgan fingerprint density at radius 3 is 2.84 bits per heavy atom. The van der Waals surface area contributed by atoms with Crippen molar-refractivity contribution in [1.29, 1.82) is 0 Å². The van der Waals surface area contributed by atoms with Crippen LogP contribution in [0.5, 0.6) is 5.75 Å². The number of hydrogen-bond donors (Lipinski definition) is 0. The number of piperidine rings is 1. The average Bonchev–Trinajstić information content (AvgIpc) is 2.82. The highest BCUT2D eigenvalue weighted by Crippen LogP contribution is 2.27. The second kappa shape index (κ2) is 10.9. The molecule has 2 aliphatic heterocycles. The SMILES string of the molecule is CO[C@H]1CCCN2C(=O)c3cccc(c3)OCCN(Cc3ccc(F)cn3)CCCC[C@@H]12. The standard InChI is InChI=1S/C25H32FN3O3/c1-31-24-9-5-13-29-23(24)8-2-3-12-28(18-21-11-10-20(26)17-27-21)14-15-32-22-7-4-6-19(16-22)25(29)30/h4,6-7,10-11,16-17,23-24H,2-3,5,8-9,12-15,18H2,1H3/t23-,24-/m0/s1. The minimum atomic E-state index is -0.322. The largest absolute Gasteiger partial charge is 0.492 e. The molecule has 0 saturated carbocycles. The third-order valence-electron chi connectivity index (χ3n) is 6.44. The van der Waals surface area contributed by atoms with E-state index >= 15 is 0 Å². The van der Waals surface area contributed by atoms with Crippen LogP contribution in [0.4, 0.5) is 4.39 Å². The molecule has 1 aromatic carbocycles. The summed E-state index contributed by atoms with van der Waals surface area (Å²) in [6, 6.07) is 10.7. The van der Waals surface area contributed by atoms with E-state index in [1.165, 1.54) is 12.3 Å². The van der Waals surface area contributed by atoms with Crippen molar-refractivity contribution in [2.75, 3.05) is 33.4 Å². The van der Waals surface area contributed by atoms with Gasteiger partial charge >= 0.3 is 0 Å². The van der Waals surface area contributed by atoms with Crippen LogP contribution in [0.3, 0.4) is 0 Å². The van der Waals surface area contributed by atoms with Gasteiger partial charge in [0.05, 0.1) is 24.0 Å². The second-order valence-corrected chi connectivity index (χ2v) is 8.60. The molecule has 0 radical (unpaired) electrons. The number of fused-ring (bicyclic) bond motifs is 3. The predicted molar refractivity (Wildman–Crippen MR) is 120 cm³/mol. The molecule has 4 rings (SSSR count). The van der Waals surface area contributed by atoms with Gasteiger partial charge in [-0.1, -0.05) is 12.5 Å². The maximum Gasteiger partial charge on any atom is 0.254 e. The van der Waals surface area contributed by atoms with Gasteiger partial charge in [-0.15, -0.1) is 0 Å². The summed E-state index contributed by atoms with van der Waals surface area (Å²) in [5.74, 6) is 0.435. The summed E-state index contributed by atoms with van der Waals surface area (Å²) in [5.41, 5.74) is 1.51. The molecular weight excluding hydrogens is 409 g/mol. The molecule has 0 N–H and O–H groups in total. The molecule has 2 aromatic rings. The van der Waals surface area contributed by atoms with Crippen LogP contribution in [0.25, 0.3) is 0 Å². The summed E-state index contributed by atoms with van der Waals surface area (Å²) >= 11 is 0. The molecule has 2 atom stereocenters. The minimum absolute atomic E-state index is 0.0586. The van der Waals surface area contributed by atoms with Crippen molar-refractivity contribution in [3.8, 4) is 5.75 Å². The van der Waals surface area contributed by atoms with Crippen LogP contribution >= 0.6 is 0 Å². The van der Waals surface area contributed by atoms with E-state index in [2.05, 4.69) is 9.88 Å². The van der Waals surface area contributed by atoms with E-state index in [9.17, 15) is 9.18 Å². The quantitative estimate of drug-likeness (QED) is 0.723. The first-order chi connectivity index (χ1) is 15.6. The third kappa shape index (κ3) is 5.64. The first kappa shape index (κ1) is 22.7. The van der Waals surface area contributed by atoms with Gasteiger partial charge in [-0.3, -0.25) is 14.7 Å². The number of carbonyl (C=O) groups excluding carboxylic acids is 1. The van der Waals surface area contributed by atoms with E-state index in [4.69, 9.17) is 9.47 Å². The zero-order valence-corrected chi connectivity index (χ0v) is 18.7. The number of carbonyl (C=O) groups is 1. The van der Waals surface area contributed by atoms with E-state index in [0.29, 0.717) is 24.5 Å². The molecule has 0 spiro atoms.